The molecule has 1 aromatic carbocycles. The highest BCUT2D eigenvalue weighted by atomic mass is 32.2. The van der Waals surface area contributed by atoms with E-state index >= 15 is 0 Å². The molecule has 1 aromatic rings. The number of anilines is 1. The second kappa shape index (κ2) is 9.91. The van der Waals surface area contributed by atoms with Crippen molar-refractivity contribution in [3.63, 3.8) is 0 Å². The van der Waals surface area contributed by atoms with Gasteiger partial charge < -0.3 is 23.8 Å². The molecule has 27 heavy (non-hydrogen) atoms. The zero-order valence-electron chi connectivity index (χ0n) is 16.3. The maximum atomic E-state index is 13.1. The average molecular weight is 399 g/mol. The second-order valence-corrected chi connectivity index (χ2v) is 7.53. The first kappa shape index (κ1) is 21.5. The Morgan fingerprint density at radius 1 is 1.26 bits per heavy atom. The van der Waals surface area contributed by atoms with Crippen LogP contribution < -0.4 is 19.1 Å². The highest BCUT2D eigenvalue weighted by Crippen LogP contribution is 2.35. The lowest BCUT2D eigenvalue weighted by Gasteiger charge is -2.33. The molecule has 2 rings (SSSR count). The number of rotatable bonds is 8. The Labute approximate surface area is 163 Å². The minimum Gasteiger partial charge on any atom is -0.760 e. The highest BCUT2D eigenvalue weighted by Gasteiger charge is 2.26. The quantitative estimate of drug-likeness (QED) is 0.665. The van der Waals surface area contributed by atoms with E-state index in [-0.39, 0.29) is 5.91 Å². The molecule has 1 N–H and O–H groups in total. The van der Waals surface area contributed by atoms with E-state index in [0.717, 1.165) is 24.9 Å². The van der Waals surface area contributed by atoms with Crippen LogP contribution in [0.5, 0.6) is 11.5 Å². The second-order valence-electron chi connectivity index (χ2n) is 6.77. The number of likely N-dealkylation sites (tertiary alicyclic amines) is 1. The molecule has 1 aliphatic rings. The number of hydrogen-bond acceptors (Lipinski definition) is 6. The van der Waals surface area contributed by atoms with Gasteiger partial charge in [-0.3, -0.25) is 9.00 Å². The molecule has 1 saturated heterocycles. The number of benzene rings is 1. The SMILES string of the molecule is COc1cc(C(=O)N2CCC(CCNS(=O)[O-])CC2)c(N(C)C)cc1OC. The summed E-state index contributed by atoms with van der Waals surface area (Å²) >= 11 is -2.21. The first-order chi connectivity index (χ1) is 12.9. The van der Waals surface area contributed by atoms with Gasteiger partial charge in [0, 0.05) is 51.1 Å². The molecule has 1 aliphatic heterocycles. The summed E-state index contributed by atoms with van der Waals surface area (Å²) in [5, 5.41) is 0. The molecule has 1 unspecified atom stereocenters. The van der Waals surface area contributed by atoms with Crippen LogP contribution in [-0.2, 0) is 11.3 Å². The predicted molar refractivity (Wildman–Crippen MR) is 104 cm³/mol. The molecule has 0 aliphatic carbocycles. The van der Waals surface area contributed by atoms with Crippen molar-refractivity contribution in [3.8, 4) is 11.5 Å². The summed E-state index contributed by atoms with van der Waals surface area (Å²) < 4.78 is 34.2. The van der Waals surface area contributed by atoms with Gasteiger partial charge >= 0.3 is 0 Å². The third-order valence-electron chi connectivity index (χ3n) is 4.89. The summed E-state index contributed by atoms with van der Waals surface area (Å²) in [6, 6.07) is 3.55. The van der Waals surface area contributed by atoms with Crippen LogP contribution in [-0.4, -0.2) is 67.5 Å². The van der Waals surface area contributed by atoms with Crippen LogP contribution in [0.4, 0.5) is 5.69 Å². The van der Waals surface area contributed by atoms with Crippen molar-refractivity contribution in [1.82, 2.24) is 9.62 Å². The lowest BCUT2D eigenvalue weighted by Crippen LogP contribution is -2.39. The van der Waals surface area contributed by atoms with Gasteiger partial charge in [-0.25, -0.2) is 4.72 Å². The molecular formula is C18H28N3O5S-. The van der Waals surface area contributed by atoms with Gasteiger partial charge in [-0.15, -0.1) is 0 Å². The zero-order valence-corrected chi connectivity index (χ0v) is 17.1. The molecular weight excluding hydrogens is 370 g/mol. The van der Waals surface area contributed by atoms with E-state index in [1.807, 2.05) is 30.0 Å². The van der Waals surface area contributed by atoms with E-state index in [0.29, 0.717) is 42.6 Å². The van der Waals surface area contributed by atoms with Crippen molar-refractivity contribution in [1.29, 1.82) is 0 Å². The topological polar surface area (TPSA) is 94.2 Å². The van der Waals surface area contributed by atoms with E-state index in [1.54, 1.807) is 20.3 Å². The van der Waals surface area contributed by atoms with Crippen LogP contribution in [0.3, 0.4) is 0 Å². The Bertz CT molecular complexity index is 675. The molecule has 0 aromatic heterocycles. The third-order valence-corrected chi connectivity index (χ3v) is 5.33. The zero-order chi connectivity index (χ0) is 20.0. The lowest BCUT2D eigenvalue weighted by atomic mass is 9.93. The Morgan fingerprint density at radius 3 is 2.37 bits per heavy atom. The highest BCUT2D eigenvalue weighted by molar-refractivity contribution is 7.77. The molecule has 1 heterocycles. The molecule has 0 spiro atoms. The van der Waals surface area contributed by atoms with E-state index in [1.165, 1.54) is 0 Å². The number of ether oxygens (including phenoxy) is 2. The number of nitrogens with zero attached hydrogens (tertiary/aromatic N) is 2. The Morgan fingerprint density at radius 2 is 1.85 bits per heavy atom. The predicted octanol–water partition coefficient (Wildman–Crippen LogP) is 1.40. The summed E-state index contributed by atoms with van der Waals surface area (Å²) in [7, 11) is 6.89. The number of piperidine rings is 1. The largest absolute Gasteiger partial charge is 0.760 e. The fraction of sp³-hybridized carbons (Fsp3) is 0.611. The molecule has 9 heteroatoms. The van der Waals surface area contributed by atoms with Crippen molar-refractivity contribution in [2.75, 3.05) is 52.8 Å². The van der Waals surface area contributed by atoms with Crippen LogP contribution >= 0.6 is 0 Å². The maximum absolute atomic E-state index is 13.1. The summed E-state index contributed by atoms with van der Waals surface area (Å²) in [5.41, 5.74) is 1.36. The molecule has 152 valence electrons. The van der Waals surface area contributed by atoms with Gasteiger partial charge in [-0.1, -0.05) is 0 Å². The standard InChI is InChI=1S/C18H29N3O5S/c1-20(2)15-12-17(26-4)16(25-3)11-14(15)18(22)21-9-6-13(7-10-21)5-8-19-27(23)24/h11-13,19H,5-10H2,1-4H3,(H,23,24)/p-1. The normalized spacial score (nSPS) is 16.1. The van der Waals surface area contributed by atoms with Crippen LogP contribution in [0.25, 0.3) is 0 Å². The molecule has 1 fully saturated rings. The van der Waals surface area contributed by atoms with Gasteiger partial charge in [0.15, 0.2) is 11.5 Å². The van der Waals surface area contributed by atoms with Crippen LogP contribution in [0.2, 0.25) is 0 Å². The fourth-order valence-corrected chi connectivity index (χ4v) is 3.64. The summed E-state index contributed by atoms with van der Waals surface area (Å²) in [4.78, 5) is 16.8. The Kier molecular flexibility index (Phi) is 7.88. The van der Waals surface area contributed by atoms with Gasteiger partial charge in [0.25, 0.3) is 5.91 Å². The number of carbonyl (C=O) groups excluding carboxylic acids is 1. The molecule has 0 radical (unpaired) electrons. The number of carbonyl (C=O) groups is 1. The Hall–Kier alpha value is -1.84. The van der Waals surface area contributed by atoms with Gasteiger partial charge in [-0.05, 0) is 31.2 Å². The minimum atomic E-state index is -2.21. The lowest BCUT2D eigenvalue weighted by molar-refractivity contribution is 0.0688. The van der Waals surface area contributed by atoms with Crippen LogP contribution in [0, 0.1) is 5.92 Å². The van der Waals surface area contributed by atoms with E-state index in [9.17, 15) is 13.6 Å². The van der Waals surface area contributed by atoms with Gasteiger partial charge in [-0.2, -0.15) is 0 Å². The van der Waals surface area contributed by atoms with Crippen molar-refractivity contribution in [2.24, 2.45) is 5.92 Å². The monoisotopic (exact) mass is 398 g/mol. The average Bonchev–Trinajstić information content (AvgIpc) is 2.66. The number of methoxy groups -OCH3 is 2. The third kappa shape index (κ3) is 5.57. The first-order valence-corrected chi connectivity index (χ1v) is 10.00. The van der Waals surface area contributed by atoms with Crippen molar-refractivity contribution in [3.05, 3.63) is 17.7 Å². The fourth-order valence-electron chi connectivity index (χ4n) is 3.35. The molecule has 0 bridgehead atoms. The first-order valence-electron chi connectivity index (χ1n) is 8.92. The van der Waals surface area contributed by atoms with Crippen LogP contribution in [0.15, 0.2) is 12.1 Å². The number of amides is 1. The molecule has 1 amide bonds. The van der Waals surface area contributed by atoms with E-state index in [2.05, 4.69) is 4.72 Å². The minimum absolute atomic E-state index is 0.0307. The van der Waals surface area contributed by atoms with Gasteiger partial charge in [0.1, 0.15) is 0 Å². The van der Waals surface area contributed by atoms with E-state index < -0.39 is 11.3 Å². The van der Waals surface area contributed by atoms with Crippen LogP contribution in [0.1, 0.15) is 29.6 Å². The molecule has 1 atom stereocenters. The number of nitrogens with one attached hydrogen (secondary N) is 1. The molecule has 8 nitrogen and oxygen atoms in total. The smallest absolute Gasteiger partial charge is 0.256 e. The molecule has 0 saturated carbocycles. The van der Waals surface area contributed by atoms with Crippen molar-refractivity contribution < 1.29 is 23.0 Å². The summed E-state index contributed by atoms with van der Waals surface area (Å²) in [5.74, 6) is 1.50. The van der Waals surface area contributed by atoms with Crippen molar-refractivity contribution >= 4 is 22.9 Å². The number of hydrogen-bond donors (Lipinski definition) is 1. The summed E-state index contributed by atoms with van der Waals surface area (Å²) in [6.07, 6.45) is 2.52. The van der Waals surface area contributed by atoms with Crippen molar-refractivity contribution in [2.45, 2.75) is 19.3 Å². The van der Waals surface area contributed by atoms with Gasteiger partial charge in [0.05, 0.1) is 25.5 Å². The summed E-state index contributed by atoms with van der Waals surface area (Å²) in [6.45, 7) is 1.76. The van der Waals surface area contributed by atoms with E-state index in [4.69, 9.17) is 9.47 Å². The van der Waals surface area contributed by atoms with Gasteiger partial charge in [0.2, 0.25) is 0 Å². The Balaban J connectivity index is 2.08. The maximum Gasteiger partial charge on any atom is 0.256 e.